The number of carboxylic acids is 1. The minimum atomic E-state index is -1.23. The maximum absolute atomic E-state index is 11.9. The third kappa shape index (κ3) is 4.52. The molecule has 0 aliphatic rings. The van der Waals surface area contributed by atoms with Gasteiger partial charge in [0, 0.05) is 19.7 Å². The van der Waals surface area contributed by atoms with Crippen molar-refractivity contribution in [3.8, 4) is 0 Å². The molecule has 6 nitrogen and oxygen atoms in total. The highest BCUT2D eigenvalue weighted by atomic mass is 16.5. The molecule has 1 atom stereocenters. The van der Waals surface area contributed by atoms with E-state index in [2.05, 4.69) is 5.32 Å². The number of nitrogens with zero attached hydrogens (tertiary/aromatic N) is 1. The van der Waals surface area contributed by atoms with Crippen LogP contribution in [0.15, 0.2) is 0 Å². The van der Waals surface area contributed by atoms with Gasteiger partial charge in [-0.25, -0.2) is 9.59 Å². The van der Waals surface area contributed by atoms with Gasteiger partial charge in [-0.2, -0.15) is 0 Å². The standard InChI is InChI=1S/C12H24N2O4/c1-6-14(12(4,5)10(15)16)11(17)13-8-9(3)18-7-2/h9H,6-8H2,1-5H3,(H,13,17)(H,15,16). The van der Waals surface area contributed by atoms with Gasteiger partial charge in [-0.05, 0) is 34.6 Å². The first kappa shape index (κ1) is 16.7. The summed E-state index contributed by atoms with van der Waals surface area (Å²) in [5, 5.41) is 11.8. The van der Waals surface area contributed by atoms with Crippen molar-refractivity contribution in [2.45, 2.75) is 46.3 Å². The lowest BCUT2D eigenvalue weighted by Gasteiger charge is -2.34. The van der Waals surface area contributed by atoms with E-state index in [-0.39, 0.29) is 6.10 Å². The first-order valence-electron chi connectivity index (χ1n) is 6.17. The molecular formula is C12H24N2O4. The van der Waals surface area contributed by atoms with Crippen molar-refractivity contribution >= 4 is 12.0 Å². The highest BCUT2D eigenvalue weighted by Gasteiger charge is 2.36. The van der Waals surface area contributed by atoms with Gasteiger partial charge in [-0.1, -0.05) is 0 Å². The highest BCUT2D eigenvalue weighted by Crippen LogP contribution is 2.14. The summed E-state index contributed by atoms with van der Waals surface area (Å²) in [7, 11) is 0. The van der Waals surface area contributed by atoms with Crippen molar-refractivity contribution in [2.24, 2.45) is 0 Å². The molecule has 0 aromatic carbocycles. The smallest absolute Gasteiger partial charge is 0.329 e. The second kappa shape index (κ2) is 7.20. The first-order valence-corrected chi connectivity index (χ1v) is 6.17. The van der Waals surface area contributed by atoms with Crippen molar-refractivity contribution < 1.29 is 19.4 Å². The predicted octanol–water partition coefficient (Wildman–Crippen LogP) is 1.31. The normalized spacial score (nSPS) is 12.9. The zero-order valence-electron chi connectivity index (χ0n) is 11.8. The van der Waals surface area contributed by atoms with Crippen LogP contribution in [0.5, 0.6) is 0 Å². The average molecular weight is 260 g/mol. The number of carboxylic acid groups (broad SMARTS) is 1. The number of hydrogen-bond donors (Lipinski definition) is 2. The molecule has 6 heteroatoms. The summed E-state index contributed by atoms with van der Waals surface area (Å²) in [6, 6.07) is -0.392. The van der Waals surface area contributed by atoms with E-state index in [4.69, 9.17) is 9.84 Å². The number of amides is 2. The molecule has 0 aliphatic heterocycles. The van der Waals surface area contributed by atoms with Crippen molar-refractivity contribution in [3.05, 3.63) is 0 Å². The van der Waals surface area contributed by atoms with Crippen molar-refractivity contribution in [1.29, 1.82) is 0 Å². The fourth-order valence-electron chi connectivity index (χ4n) is 1.58. The zero-order chi connectivity index (χ0) is 14.3. The number of urea groups is 1. The van der Waals surface area contributed by atoms with E-state index >= 15 is 0 Å². The molecular weight excluding hydrogens is 236 g/mol. The van der Waals surface area contributed by atoms with E-state index in [0.29, 0.717) is 19.7 Å². The Kier molecular flexibility index (Phi) is 6.68. The number of carbonyl (C=O) groups excluding carboxylic acids is 1. The van der Waals surface area contributed by atoms with Crippen LogP contribution in [0.1, 0.15) is 34.6 Å². The summed E-state index contributed by atoms with van der Waals surface area (Å²) in [5.74, 6) is -1.03. The summed E-state index contributed by atoms with van der Waals surface area (Å²) < 4.78 is 5.29. The fourth-order valence-corrected chi connectivity index (χ4v) is 1.58. The van der Waals surface area contributed by atoms with Gasteiger partial charge in [0.25, 0.3) is 0 Å². The number of carbonyl (C=O) groups is 2. The fraction of sp³-hybridized carbons (Fsp3) is 0.833. The Bertz CT molecular complexity index is 292. The first-order chi connectivity index (χ1) is 8.27. The predicted molar refractivity (Wildman–Crippen MR) is 68.6 cm³/mol. The molecule has 0 saturated heterocycles. The molecule has 0 aliphatic carbocycles. The lowest BCUT2D eigenvalue weighted by molar-refractivity contribution is -0.147. The van der Waals surface area contributed by atoms with Crippen molar-refractivity contribution in [2.75, 3.05) is 19.7 Å². The number of aliphatic carboxylic acids is 1. The second-order valence-electron chi connectivity index (χ2n) is 4.56. The van der Waals surface area contributed by atoms with Crippen molar-refractivity contribution in [1.82, 2.24) is 10.2 Å². The maximum atomic E-state index is 11.9. The number of nitrogens with one attached hydrogen (secondary N) is 1. The van der Waals surface area contributed by atoms with Crippen molar-refractivity contribution in [3.63, 3.8) is 0 Å². The molecule has 2 N–H and O–H groups in total. The molecule has 0 spiro atoms. The molecule has 0 fully saturated rings. The lowest BCUT2D eigenvalue weighted by atomic mass is 10.0. The minimum Gasteiger partial charge on any atom is -0.480 e. The largest absolute Gasteiger partial charge is 0.480 e. The van der Waals surface area contributed by atoms with Gasteiger partial charge in [0.1, 0.15) is 5.54 Å². The Balaban J connectivity index is 4.50. The van der Waals surface area contributed by atoms with E-state index in [1.807, 2.05) is 13.8 Å². The lowest BCUT2D eigenvalue weighted by Crippen LogP contribution is -2.56. The van der Waals surface area contributed by atoms with Crippen LogP contribution in [0.4, 0.5) is 4.79 Å². The van der Waals surface area contributed by atoms with E-state index in [9.17, 15) is 9.59 Å². The topological polar surface area (TPSA) is 78.9 Å². The monoisotopic (exact) mass is 260 g/mol. The molecule has 106 valence electrons. The zero-order valence-corrected chi connectivity index (χ0v) is 11.8. The van der Waals surface area contributed by atoms with Gasteiger partial charge in [-0.15, -0.1) is 0 Å². The summed E-state index contributed by atoms with van der Waals surface area (Å²) in [6.07, 6.45) is -0.0920. The Morgan fingerprint density at radius 2 is 1.94 bits per heavy atom. The third-order valence-corrected chi connectivity index (χ3v) is 2.75. The van der Waals surface area contributed by atoms with Crippen LogP contribution in [-0.2, 0) is 9.53 Å². The molecule has 0 bridgehead atoms. The Morgan fingerprint density at radius 3 is 2.33 bits per heavy atom. The molecule has 18 heavy (non-hydrogen) atoms. The average Bonchev–Trinajstić information content (AvgIpc) is 2.27. The molecule has 0 aromatic rings. The van der Waals surface area contributed by atoms with E-state index in [1.165, 1.54) is 18.7 Å². The second-order valence-corrected chi connectivity index (χ2v) is 4.56. The van der Waals surface area contributed by atoms with Gasteiger partial charge in [0.2, 0.25) is 0 Å². The Labute approximate surface area is 108 Å². The van der Waals surface area contributed by atoms with E-state index in [0.717, 1.165) is 0 Å². The SMILES string of the molecule is CCOC(C)CNC(=O)N(CC)C(C)(C)C(=O)O. The molecule has 1 unspecified atom stereocenters. The van der Waals surface area contributed by atoms with Crippen LogP contribution in [-0.4, -0.2) is 53.3 Å². The highest BCUT2D eigenvalue weighted by molar-refractivity contribution is 5.85. The van der Waals surface area contributed by atoms with E-state index < -0.39 is 17.5 Å². The molecule has 0 rings (SSSR count). The minimum absolute atomic E-state index is 0.0920. The van der Waals surface area contributed by atoms with Crippen LogP contribution < -0.4 is 5.32 Å². The molecule has 0 aromatic heterocycles. The maximum Gasteiger partial charge on any atom is 0.329 e. The van der Waals surface area contributed by atoms with Gasteiger partial charge < -0.3 is 20.1 Å². The summed E-state index contributed by atoms with van der Waals surface area (Å²) >= 11 is 0. The summed E-state index contributed by atoms with van der Waals surface area (Å²) in [5.41, 5.74) is -1.23. The van der Waals surface area contributed by atoms with E-state index in [1.54, 1.807) is 6.92 Å². The Hall–Kier alpha value is -1.30. The third-order valence-electron chi connectivity index (χ3n) is 2.75. The van der Waals surface area contributed by atoms with Crippen LogP contribution in [0, 0.1) is 0 Å². The number of hydrogen-bond acceptors (Lipinski definition) is 3. The summed E-state index contributed by atoms with van der Waals surface area (Å²) in [6.45, 7) is 9.75. The van der Waals surface area contributed by atoms with Crippen LogP contribution in [0.2, 0.25) is 0 Å². The quantitative estimate of drug-likeness (QED) is 0.723. The van der Waals surface area contributed by atoms with Crippen LogP contribution >= 0.6 is 0 Å². The van der Waals surface area contributed by atoms with Crippen LogP contribution in [0.25, 0.3) is 0 Å². The number of rotatable bonds is 7. The molecule has 0 saturated carbocycles. The Morgan fingerprint density at radius 1 is 1.39 bits per heavy atom. The number of ether oxygens (including phenoxy) is 1. The van der Waals surface area contributed by atoms with Gasteiger partial charge in [-0.3, -0.25) is 0 Å². The molecule has 0 radical (unpaired) electrons. The molecule has 0 heterocycles. The van der Waals surface area contributed by atoms with Gasteiger partial charge in [0.15, 0.2) is 0 Å². The van der Waals surface area contributed by atoms with Crippen LogP contribution in [0.3, 0.4) is 0 Å². The summed E-state index contributed by atoms with van der Waals surface area (Å²) in [4.78, 5) is 24.3. The number of likely N-dealkylation sites (N-methyl/N-ethyl adjacent to an activating group) is 1. The van der Waals surface area contributed by atoms with Gasteiger partial charge in [0.05, 0.1) is 6.10 Å². The van der Waals surface area contributed by atoms with Gasteiger partial charge >= 0.3 is 12.0 Å². The molecule has 2 amide bonds.